The number of ketones is 1. The maximum absolute atomic E-state index is 12.7. The Hall–Kier alpha value is -2.90. The highest BCUT2D eigenvalue weighted by atomic mass is 35.5. The molecule has 3 rings (SSSR count). The lowest BCUT2D eigenvalue weighted by molar-refractivity contribution is -0.115. The molecule has 0 radical (unpaired) electrons. The molecule has 0 bridgehead atoms. The van der Waals surface area contributed by atoms with E-state index in [1.54, 1.807) is 72.4 Å². The van der Waals surface area contributed by atoms with Gasteiger partial charge in [-0.15, -0.1) is 0 Å². The first-order valence-electron chi connectivity index (χ1n) is 9.42. The number of halogens is 2. The number of nitrogens with one attached hydrogen (secondary N) is 1. The number of hydrogen-bond donors (Lipinski definition) is 3. The molecule has 6 nitrogen and oxygen atoms in total. The van der Waals surface area contributed by atoms with Crippen LogP contribution in [0.2, 0.25) is 10.0 Å². The number of rotatable bonds is 7. The number of carbonyl (C=O) groups excluding carboxylic acids is 2. The molecule has 0 fully saturated rings. The molecule has 1 unspecified atom stereocenters. The summed E-state index contributed by atoms with van der Waals surface area (Å²) in [6.07, 6.45) is 4.78. The molecule has 4 N–H and O–H groups in total. The highest BCUT2D eigenvalue weighted by molar-refractivity contribution is 6.37. The van der Waals surface area contributed by atoms with Gasteiger partial charge in [0, 0.05) is 35.1 Å². The van der Waals surface area contributed by atoms with Crippen LogP contribution in [0.25, 0.3) is 11.8 Å². The normalized spacial score (nSPS) is 12.2. The lowest BCUT2D eigenvalue weighted by Gasteiger charge is -2.16. The molecule has 0 spiro atoms. The number of aromatic nitrogens is 1. The van der Waals surface area contributed by atoms with Crippen LogP contribution in [-0.2, 0) is 11.4 Å². The minimum Gasteiger partial charge on any atom is -0.392 e. The zero-order valence-corrected chi connectivity index (χ0v) is 18.2. The maximum atomic E-state index is 12.7. The van der Waals surface area contributed by atoms with Crippen LogP contribution in [0.5, 0.6) is 0 Å². The monoisotopic (exact) mass is 457 g/mol. The lowest BCUT2D eigenvalue weighted by atomic mass is 10.1. The van der Waals surface area contributed by atoms with Gasteiger partial charge in [-0.05, 0) is 48.0 Å². The summed E-state index contributed by atoms with van der Waals surface area (Å²) in [4.78, 5) is 24.3. The summed E-state index contributed by atoms with van der Waals surface area (Å²) < 4.78 is 1.70. The van der Waals surface area contributed by atoms with Crippen molar-refractivity contribution < 1.29 is 14.7 Å². The average molecular weight is 458 g/mol. The van der Waals surface area contributed by atoms with Crippen molar-refractivity contribution in [2.24, 2.45) is 5.73 Å². The molecule has 160 valence electrons. The molecule has 31 heavy (non-hydrogen) atoms. The van der Waals surface area contributed by atoms with Gasteiger partial charge >= 0.3 is 0 Å². The van der Waals surface area contributed by atoms with Crippen molar-refractivity contribution in [1.29, 1.82) is 0 Å². The Morgan fingerprint density at radius 2 is 1.87 bits per heavy atom. The number of nitrogens with two attached hydrogens (primary N) is 1. The van der Waals surface area contributed by atoms with Crippen LogP contribution >= 0.6 is 23.2 Å². The fourth-order valence-corrected chi connectivity index (χ4v) is 3.68. The van der Waals surface area contributed by atoms with Gasteiger partial charge in [-0.1, -0.05) is 41.4 Å². The molecule has 0 aliphatic rings. The van der Waals surface area contributed by atoms with Crippen LogP contribution < -0.4 is 11.1 Å². The number of aliphatic hydroxyl groups is 1. The number of amides is 1. The van der Waals surface area contributed by atoms with Gasteiger partial charge < -0.3 is 20.7 Å². The summed E-state index contributed by atoms with van der Waals surface area (Å²) in [6.45, 7) is -0.311. The number of hydrogen-bond acceptors (Lipinski definition) is 4. The Labute approximate surface area is 189 Å². The molecule has 1 aromatic heterocycles. The first kappa shape index (κ1) is 22.8. The summed E-state index contributed by atoms with van der Waals surface area (Å²) in [6, 6.07) is 12.7. The Bertz CT molecular complexity index is 1140. The SMILES string of the molecule is CNC(=O)c1ccc(/C=C/C(=O)C(N)c2cccn2-c2ccc(Cl)c(CO)c2Cl)cc1. The van der Waals surface area contributed by atoms with Gasteiger partial charge in [0.25, 0.3) is 5.91 Å². The second-order valence-corrected chi connectivity index (χ2v) is 7.52. The molecule has 0 aliphatic carbocycles. The molecule has 1 heterocycles. The van der Waals surface area contributed by atoms with Crippen LogP contribution in [0.15, 0.2) is 60.8 Å². The molecule has 0 saturated carbocycles. The van der Waals surface area contributed by atoms with Gasteiger partial charge in [0.15, 0.2) is 5.78 Å². The fourth-order valence-electron chi connectivity index (χ4n) is 3.10. The molecular weight excluding hydrogens is 437 g/mol. The number of aliphatic hydroxyl groups excluding tert-OH is 1. The van der Waals surface area contributed by atoms with E-state index in [1.807, 2.05) is 0 Å². The molecule has 0 saturated heterocycles. The predicted molar refractivity (Wildman–Crippen MR) is 123 cm³/mol. The predicted octanol–water partition coefficient (Wildman–Crippen LogP) is 3.92. The Kier molecular flexibility index (Phi) is 7.30. The van der Waals surface area contributed by atoms with E-state index in [4.69, 9.17) is 28.9 Å². The van der Waals surface area contributed by atoms with Crippen LogP contribution in [-0.4, -0.2) is 28.4 Å². The number of carbonyl (C=O) groups is 2. The smallest absolute Gasteiger partial charge is 0.251 e. The second kappa shape index (κ2) is 9.94. The second-order valence-electron chi connectivity index (χ2n) is 6.73. The van der Waals surface area contributed by atoms with Crippen molar-refractivity contribution in [3.63, 3.8) is 0 Å². The van der Waals surface area contributed by atoms with Crippen molar-refractivity contribution in [1.82, 2.24) is 9.88 Å². The van der Waals surface area contributed by atoms with E-state index < -0.39 is 6.04 Å². The van der Waals surface area contributed by atoms with E-state index in [0.29, 0.717) is 32.6 Å². The van der Waals surface area contributed by atoms with E-state index in [1.165, 1.54) is 6.08 Å². The summed E-state index contributed by atoms with van der Waals surface area (Å²) in [7, 11) is 1.56. The molecule has 0 aliphatic heterocycles. The van der Waals surface area contributed by atoms with E-state index in [9.17, 15) is 14.7 Å². The molecule has 1 atom stereocenters. The molecule has 2 aromatic carbocycles. The van der Waals surface area contributed by atoms with Crippen LogP contribution in [0.3, 0.4) is 0 Å². The number of nitrogens with zero attached hydrogens (tertiary/aromatic N) is 1. The third kappa shape index (κ3) is 4.89. The molecule has 1 amide bonds. The molecule has 8 heteroatoms. The first-order valence-corrected chi connectivity index (χ1v) is 10.2. The van der Waals surface area contributed by atoms with E-state index >= 15 is 0 Å². The van der Waals surface area contributed by atoms with Crippen LogP contribution in [0.1, 0.15) is 33.2 Å². The highest BCUT2D eigenvalue weighted by Crippen LogP contribution is 2.32. The van der Waals surface area contributed by atoms with E-state index in [2.05, 4.69) is 5.32 Å². The first-order chi connectivity index (χ1) is 14.9. The third-order valence-electron chi connectivity index (χ3n) is 4.83. The Morgan fingerprint density at radius 3 is 2.52 bits per heavy atom. The van der Waals surface area contributed by atoms with Crippen LogP contribution in [0, 0.1) is 0 Å². The van der Waals surface area contributed by atoms with Gasteiger partial charge in [0.2, 0.25) is 0 Å². The highest BCUT2D eigenvalue weighted by Gasteiger charge is 2.20. The fraction of sp³-hybridized carbons (Fsp3) is 0.130. The van der Waals surface area contributed by atoms with Crippen molar-refractivity contribution in [3.05, 3.63) is 93.2 Å². The Balaban J connectivity index is 1.83. The summed E-state index contributed by atoms with van der Waals surface area (Å²) >= 11 is 12.5. The van der Waals surface area contributed by atoms with Crippen molar-refractivity contribution in [2.45, 2.75) is 12.6 Å². The van der Waals surface area contributed by atoms with Crippen molar-refractivity contribution >= 4 is 41.0 Å². The molecular formula is C23H21Cl2N3O3. The minimum atomic E-state index is -0.930. The quantitative estimate of drug-likeness (QED) is 0.468. The summed E-state index contributed by atoms with van der Waals surface area (Å²) in [5.74, 6) is -0.484. The zero-order valence-electron chi connectivity index (χ0n) is 16.7. The van der Waals surface area contributed by atoms with E-state index in [0.717, 1.165) is 5.56 Å². The summed E-state index contributed by atoms with van der Waals surface area (Å²) in [5.41, 5.74) is 9.02. The van der Waals surface area contributed by atoms with Crippen molar-refractivity contribution in [3.8, 4) is 5.69 Å². The Morgan fingerprint density at radius 1 is 1.16 bits per heavy atom. The third-order valence-corrected chi connectivity index (χ3v) is 5.60. The topological polar surface area (TPSA) is 97.4 Å². The maximum Gasteiger partial charge on any atom is 0.251 e. The van der Waals surface area contributed by atoms with E-state index in [-0.39, 0.29) is 18.3 Å². The van der Waals surface area contributed by atoms with Crippen LogP contribution in [0.4, 0.5) is 0 Å². The summed E-state index contributed by atoms with van der Waals surface area (Å²) in [5, 5.41) is 12.7. The van der Waals surface area contributed by atoms with Gasteiger partial charge in [-0.25, -0.2) is 0 Å². The van der Waals surface area contributed by atoms with Gasteiger partial charge in [-0.3, -0.25) is 9.59 Å². The standard InChI is InChI=1S/C23H21Cl2N3O3/c1-27-23(31)15-7-4-14(5-8-15)6-11-20(30)22(26)19-3-2-12-28(19)18-10-9-17(24)16(13-29)21(18)25/h2-12,22,29H,13,26H2,1H3,(H,27,31)/b11-6+. The lowest BCUT2D eigenvalue weighted by Crippen LogP contribution is -2.22. The van der Waals surface area contributed by atoms with Gasteiger partial charge in [-0.2, -0.15) is 0 Å². The minimum absolute atomic E-state index is 0.181. The number of benzene rings is 2. The van der Waals surface area contributed by atoms with Gasteiger partial charge in [0.1, 0.15) is 6.04 Å². The largest absolute Gasteiger partial charge is 0.392 e. The van der Waals surface area contributed by atoms with Gasteiger partial charge in [0.05, 0.1) is 17.3 Å². The average Bonchev–Trinajstić information content (AvgIpc) is 3.26. The zero-order chi connectivity index (χ0) is 22.5. The van der Waals surface area contributed by atoms with Crippen molar-refractivity contribution in [2.75, 3.05) is 7.05 Å². The molecule has 3 aromatic rings.